The Morgan fingerprint density at radius 3 is 2.29 bits per heavy atom. The molecule has 0 saturated carbocycles. The normalized spacial score (nSPS) is 12.0. The number of aromatic nitrogens is 1. The summed E-state index contributed by atoms with van der Waals surface area (Å²) in [4.78, 5) is 31.9. The Hall–Kier alpha value is -3.85. The number of benzene rings is 2. The van der Waals surface area contributed by atoms with E-state index in [1.54, 1.807) is 29.3 Å². The number of anilines is 1. The summed E-state index contributed by atoms with van der Waals surface area (Å²) >= 11 is -0.750. The SMILES string of the molecule is Cc1ccc(Oc2cc(C(=O)Nc3ccc(C)cn3)cc3c2CN(C(C)C)C3=O)cc1.O=S=O. The molecular weight excluding hydrogens is 454 g/mol. The molecular formula is C25H25N3O5S. The van der Waals surface area contributed by atoms with Gasteiger partial charge in [-0.3, -0.25) is 9.59 Å². The lowest BCUT2D eigenvalue weighted by molar-refractivity contribution is 0.0730. The van der Waals surface area contributed by atoms with Crippen molar-refractivity contribution in [3.05, 3.63) is 82.5 Å². The van der Waals surface area contributed by atoms with E-state index in [2.05, 4.69) is 10.3 Å². The van der Waals surface area contributed by atoms with E-state index < -0.39 is 11.6 Å². The van der Waals surface area contributed by atoms with Crippen LogP contribution in [0.1, 0.15) is 51.3 Å². The third-order valence-corrected chi connectivity index (χ3v) is 5.32. The number of fused-ring (bicyclic) bond motifs is 1. The molecule has 9 heteroatoms. The van der Waals surface area contributed by atoms with E-state index in [9.17, 15) is 9.59 Å². The van der Waals surface area contributed by atoms with Gasteiger partial charge < -0.3 is 15.0 Å². The zero-order chi connectivity index (χ0) is 24.8. The van der Waals surface area contributed by atoms with Crippen LogP contribution in [0.15, 0.2) is 54.7 Å². The van der Waals surface area contributed by atoms with E-state index in [1.165, 1.54) is 0 Å². The average molecular weight is 480 g/mol. The first-order valence-corrected chi connectivity index (χ1v) is 11.3. The second kappa shape index (κ2) is 10.8. The van der Waals surface area contributed by atoms with Crippen LogP contribution in [0.25, 0.3) is 0 Å². The van der Waals surface area contributed by atoms with Crippen molar-refractivity contribution >= 4 is 29.2 Å². The number of rotatable bonds is 5. The topological polar surface area (TPSA) is 106 Å². The molecule has 34 heavy (non-hydrogen) atoms. The van der Waals surface area contributed by atoms with Crippen LogP contribution in [0.2, 0.25) is 0 Å². The molecule has 8 nitrogen and oxygen atoms in total. The molecule has 1 aliphatic heterocycles. The minimum atomic E-state index is -0.750. The predicted octanol–water partition coefficient (Wildman–Crippen LogP) is 4.44. The Kier molecular flexibility index (Phi) is 7.91. The zero-order valence-corrected chi connectivity index (χ0v) is 20.1. The summed E-state index contributed by atoms with van der Waals surface area (Å²) in [5.74, 6) is 1.18. The molecule has 2 amide bonds. The standard InChI is InChI=1S/C25H25N3O3.O2S/c1-15(2)28-14-21-20(25(28)30)11-18(24(29)27-23-10-7-17(4)13-26-23)12-22(21)31-19-8-5-16(3)6-9-19;1-3-2/h5-13,15H,14H2,1-4H3,(H,26,27,29);. The van der Waals surface area contributed by atoms with E-state index >= 15 is 0 Å². The number of pyridine rings is 1. The van der Waals surface area contributed by atoms with Gasteiger partial charge in [0.1, 0.15) is 17.3 Å². The number of nitrogens with one attached hydrogen (secondary N) is 1. The highest BCUT2D eigenvalue weighted by Gasteiger charge is 2.33. The summed E-state index contributed by atoms with van der Waals surface area (Å²) in [7, 11) is 0. The smallest absolute Gasteiger partial charge is 0.335 e. The highest BCUT2D eigenvalue weighted by molar-refractivity contribution is 7.51. The number of ether oxygens (including phenoxy) is 1. The summed E-state index contributed by atoms with van der Waals surface area (Å²) in [6, 6.07) is 14.7. The van der Waals surface area contributed by atoms with Gasteiger partial charge in [-0.15, -0.1) is 0 Å². The quantitative estimate of drug-likeness (QED) is 0.580. The summed E-state index contributed by atoms with van der Waals surface area (Å²) in [6.07, 6.45) is 1.69. The Balaban J connectivity index is 0.00000103. The second-order valence-electron chi connectivity index (χ2n) is 8.19. The maximum Gasteiger partial charge on any atom is 0.335 e. The lowest BCUT2D eigenvalue weighted by Crippen LogP contribution is -2.30. The van der Waals surface area contributed by atoms with Crippen LogP contribution < -0.4 is 10.1 Å². The Morgan fingerprint density at radius 2 is 1.71 bits per heavy atom. The van der Waals surface area contributed by atoms with Gasteiger partial charge in [0.15, 0.2) is 0 Å². The number of amides is 2. The van der Waals surface area contributed by atoms with Crippen molar-refractivity contribution in [2.75, 3.05) is 5.32 Å². The number of hydrogen-bond donors (Lipinski definition) is 1. The van der Waals surface area contributed by atoms with E-state index in [-0.39, 0.29) is 17.9 Å². The lowest BCUT2D eigenvalue weighted by Gasteiger charge is -2.20. The lowest BCUT2D eigenvalue weighted by atomic mass is 10.0. The molecule has 0 fully saturated rings. The van der Waals surface area contributed by atoms with Crippen LogP contribution in [0.3, 0.4) is 0 Å². The van der Waals surface area contributed by atoms with Crippen LogP contribution >= 0.6 is 0 Å². The van der Waals surface area contributed by atoms with Gasteiger partial charge in [-0.1, -0.05) is 23.8 Å². The molecule has 0 bridgehead atoms. The molecule has 1 aliphatic rings. The van der Waals surface area contributed by atoms with Crippen LogP contribution in [-0.4, -0.2) is 36.2 Å². The minimum Gasteiger partial charge on any atom is -0.457 e. The molecule has 1 aromatic heterocycles. The van der Waals surface area contributed by atoms with Crippen LogP contribution in [-0.2, 0) is 18.1 Å². The molecule has 1 N–H and O–H groups in total. The fourth-order valence-electron chi connectivity index (χ4n) is 3.50. The monoisotopic (exact) mass is 479 g/mol. The van der Waals surface area contributed by atoms with Gasteiger partial charge in [-0.25, -0.2) is 4.98 Å². The molecule has 0 atom stereocenters. The van der Waals surface area contributed by atoms with Crippen molar-refractivity contribution in [3.63, 3.8) is 0 Å². The number of hydrogen-bond acceptors (Lipinski definition) is 6. The number of carbonyl (C=O) groups excluding carboxylic acids is 2. The van der Waals surface area contributed by atoms with Crippen molar-refractivity contribution in [3.8, 4) is 11.5 Å². The highest BCUT2D eigenvalue weighted by atomic mass is 32.1. The van der Waals surface area contributed by atoms with Gasteiger partial charge in [0.25, 0.3) is 11.8 Å². The molecule has 0 radical (unpaired) electrons. The summed E-state index contributed by atoms with van der Waals surface area (Å²) in [6.45, 7) is 8.33. The van der Waals surface area contributed by atoms with Gasteiger partial charge in [-0.05, 0) is 63.6 Å². The van der Waals surface area contributed by atoms with E-state index in [0.29, 0.717) is 35.0 Å². The molecule has 2 aromatic carbocycles. The van der Waals surface area contributed by atoms with Crippen LogP contribution in [0, 0.1) is 13.8 Å². The minimum absolute atomic E-state index is 0.0427. The van der Waals surface area contributed by atoms with Gasteiger partial charge in [-0.2, -0.15) is 8.42 Å². The molecule has 0 aliphatic carbocycles. The predicted molar refractivity (Wildman–Crippen MR) is 129 cm³/mol. The number of carbonyl (C=O) groups is 2. The fourth-order valence-corrected chi connectivity index (χ4v) is 3.50. The molecule has 176 valence electrons. The Morgan fingerprint density at radius 1 is 1.06 bits per heavy atom. The molecule has 0 unspecified atom stereocenters. The van der Waals surface area contributed by atoms with Gasteiger partial charge in [0.05, 0.1) is 6.54 Å². The highest BCUT2D eigenvalue weighted by Crippen LogP contribution is 2.36. The number of nitrogens with zero attached hydrogens (tertiary/aromatic N) is 2. The van der Waals surface area contributed by atoms with E-state index in [0.717, 1.165) is 16.7 Å². The Bertz CT molecular complexity index is 1230. The maximum absolute atomic E-state index is 13.0. The van der Waals surface area contributed by atoms with Crippen LogP contribution in [0.4, 0.5) is 5.82 Å². The third kappa shape index (κ3) is 5.74. The molecule has 0 saturated heterocycles. The summed E-state index contributed by atoms with van der Waals surface area (Å²) in [5.41, 5.74) is 3.77. The molecule has 4 rings (SSSR count). The third-order valence-electron chi connectivity index (χ3n) is 5.32. The van der Waals surface area contributed by atoms with Crippen molar-refractivity contribution in [2.45, 2.75) is 40.3 Å². The van der Waals surface area contributed by atoms with Crippen molar-refractivity contribution < 1.29 is 22.7 Å². The first-order chi connectivity index (χ1) is 16.2. The van der Waals surface area contributed by atoms with Crippen molar-refractivity contribution in [2.24, 2.45) is 0 Å². The summed E-state index contributed by atoms with van der Waals surface area (Å²) < 4.78 is 22.7. The number of aryl methyl sites for hydroxylation is 2. The maximum atomic E-state index is 13.0. The van der Waals surface area contributed by atoms with E-state index in [1.807, 2.05) is 58.0 Å². The second-order valence-corrected chi connectivity index (χ2v) is 8.32. The molecule has 0 spiro atoms. The van der Waals surface area contributed by atoms with Crippen LogP contribution in [0.5, 0.6) is 11.5 Å². The largest absolute Gasteiger partial charge is 0.457 e. The Labute approximate surface area is 201 Å². The van der Waals surface area contributed by atoms with Crippen molar-refractivity contribution in [1.82, 2.24) is 9.88 Å². The zero-order valence-electron chi connectivity index (χ0n) is 19.3. The molecule has 3 aromatic rings. The fraction of sp³-hybridized carbons (Fsp3) is 0.240. The van der Waals surface area contributed by atoms with Gasteiger partial charge >= 0.3 is 11.6 Å². The first-order valence-electron chi connectivity index (χ1n) is 10.6. The summed E-state index contributed by atoms with van der Waals surface area (Å²) in [5, 5.41) is 2.79. The van der Waals surface area contributed by atoms with Crippen molar-refractivity contribution in [1.29, 1.82) is 0 Å². The van der Waals surface area contributed by atoms with E-state index in [4.69, 9.17) is 13.2 Å². The first kappa shape index (κ1) is 24.8. The average Bonchev–Trinajstić information content (AvgIpc) is 3.14. The molecule has 2 heterocycles. The van der Waals surface area contributed by atoms with Gasteiger partial charge in [0, 0.05) is 28.9 Å². The van der Waals surface area contributed by atoms with Gasteiger partial charge in [0.2, 0.25) is 0 Å².